The quantitative estimate of drug-likeness (QED) is 0.736. The highest BCUT2D eigenvalue weighted by Gasteiger charge is 2.47. The van der Waals surface area contributed by atoms with Gasteiger partial charge in [-0.1, -0.05) is 26.7 Å². The minimum atomic E-state index is -0.820. The monoisotopic (exact) mass is 236 g/mol. The van der Waals surface area contributed by atoms with Gasteiger partial charge in [0.05, 0.1) is 6.54 Å². The third-order valence-electron chi connectivity index (χ3n) is 3.34. The summed E-state index contributed by atoms with van der Waals surface area (Å²) in [6.45, 7) is 7.63. The summed E-state index contributed by atoms with van der Waals surface area (Å²) >= 11 is 0. The van der Waals surface area contributed by atoms with Gasteiger partial charge in [0.15, 0.2) is 0 Å². The molecule has 1 N–H and O–H groups in total. The number of terminal acetylenes is 1. The van der Waals surface area contributed by atoms with E-state index in [2.05, 4.69) is 11.2 Å². The smallest absolute Gasteiger partial charge is 0.249 e. The van der Waals surface area contributed by atoms with Crippen LogP contribution < -0.4 is 5.32 Å². The van der Waals surface area contributed by atoms with Crippen LogP contribution in [0.4, 0.5) is 0 Å². The van der Waals surface area contributed by atoms with Crippen LogP contribution in [-0.2, 0) is 9.59 Å². The molecule has 1 aliphatic heterocycles. The van der Waals surface area contributed by atoms with Crippen molar-refractivity contribution in [3.63, 3.8) is 0 Å². The number of rotatable bonds is 3. The van der Waals surface area contributed by atoms with Crippen molar-refractivity contribution in [1.82, 2.24) is 10.2 Å². The standard InChI is InChI=1S/C13H20N2O2/c1-6-8-15-10(9(3)4)11(16)14-13(5,7-2)12(15)17/h1,9-10H,7-8H2,2-5H3,(H,14,16). The number of hydrogen-bond acceptors (Lipinski definition) is 2. The third kappa shape index (κ3) is 2.28. The number of hydrogen-bond donors (Lipinski definition) is 1. The average molecular weight is 236 g/mol. The van der Waals surface area contributed by atoms with Crippen LogP contribution in [0.2, 0.25) is 0 Å². The Labute approximate surface area is 103 Å². The second-order valence-electron chi connectivity index (χ2n) is 5.00. The van der Waals surface area contributed by atoms with E-state index in [1.165, 1.54) is 4.90 Å². The Morgan fingerprint density at radius 1 is 1.53 bits per heavy atom. The molecule has 0 aromatic heterocycles. The SMILES string of the molecule is C#CCN1C(=O)C(C)(CC)NC(=O)C1C(C)C. The highest BCUT2D eigenvalue weighted by molar-refractivity contribution is 5.99. The minimum Gasteiger partial charge on any atom is -0.340 e. The van der Waals surface area contributed by atoms with E-state index in [4.69, 9.17) is 6.42 Å². The molecule has 2 amide bonds. The van der Waals surface area contributed by atoms with Crippen molar-refractivity contribution in [2.45, 2.75) is 45.7 Å². The Kier molecular flexibility index (Phi) is 3.82. The van der Waals surface area contributed by atoms with Crippen LogP contribution in [0, 0.1) is 18.3 Å². The van der Waals surface area contributed by atoms with Gasteiger partial charge in [0.1, 0.15) is 11.6 Å². The molecular weight excluding hydrogens is 216 g/mol. The second-order valence-corrected chi connectivity index (χ2v) is 5.00. The largest absolute Gasteiger partial charge is 0.340 e. The molecule has 0 spiro atoms. The van der Waals surface area contributed by atoms with Crippen LogP contribution in [0.15, 0.2) is 0 Å². The number of nitrogens with one attached hydrogen (secondary N) is 1. The van der Waals surface area contributed by atoms with Gasteiger partial charge >= 0.3 is 0 Å². The van der Waals surface area contributed by atoms with Crippen molar-refractivity contribution >= 4 is 11.8 Å². The minimum absolute atomic E-state index is 0.0497. The number of carbonyl (C=O) groups is 2. The molecule has 1 fully saturated rings. The predicted octanol–water partition coefficient (Wildman–Crippen LogP) is 0.771. The van der Waals surface area contributed by atoms with Gasteiger partial charge in [-0.15, -0.1) is 6.42 Å². The van der Waals surface area contributed by atoms with Crippen molar-refractivity contribution in [2.75, 3.05) is 6.54 Å². The van der Waals surface area contributed by atoms with Crippen molar-refractivity contribution < 1.29 is 9.59 Å². The predicted molar refractivity (Wildman–Crippen MR) is 66.0 cm³/mol. The van der Waals surface area contributed by atoms with Crippen molar-refractivity contribution in [3.8, 4) is 12.3 Å². The number of amides is 2. The summed E-state index contributed by atoms with van der Waals surface area (Å²) in [6, 6.07) is -0.460. The molecule has 0 saturated carbocycles. The van der Waals surface area contributed by atoms with Crippen molar-refractivity contribution in [3.05, 3.63) is 0 Å². The van der Waals surface area contributed by atoms with Crippen LogP contribution in [0.3, 0.4) is 0 Å². The molecule has 4 heteroatoms. The summed E-state index contributed by atoms with van der Waals surface area (Å²) in [4.78, 5) is 25.9. The topological polar surface area (TPSA) is 49.4 Å². The van der Waals surface area contributed by atoms with Gasteiger partial charge in [-0.25, -0.2) is 0 Å². The van der Waals surface area contributed by atoms with Crippen molar-refractivity contribution in [1.29, 1.82) is 0 Å². The number of carbonyl (C=O) groups excluding carboxylic acids is 2. The lowest BCUT2D eigenvalue weighted by molar-refractivity contribution is -0.155. The van der Waals surface area contributed by atoms with Crippen LogP contribution in [0.1, 0.15) is 34.1 Å². The van der Waals surface area contributed by atoms with Crippen molar-refractivity contribution in [2.24, 2.45) is 5.92 Å². The average Bonchev–Trinajstić information content (AvgIpc) is 2.25. The molecule has 94 valence electrons. The zero-order chi connectivity index (χ0) is 13.2. The molecule has 2 atom stereocenters. The Morgan fingerprint density at radius 2 is 2.12 bits per heavy atom. The van der Waals surface area contributed by atoms with E-state index in [1.54, 1.807) is 6.92 Å². The molecule has 4 nitrogen and oxygen atoms in total. The van der Waals surface area contributed by atoms with Gasteiger partial charge in [0.2, 0.25) is 11.8 Å². The first kappa shape index (κ1) is 13.6. The zero-order valence-corrected chi connectivity index (χ0v) is 10.9. The lowest BCUT2D eigenvalue weighted by atomic mass is 9.88. The summed E-state index contributed by atoms with van der Waals surface area (Å²) < 4.78 is 0. The molecule has 0 aromatic carbocycles. The Balaban J connectivity index is 3.11. The molecule has 0 aliphatic carbocycles. The molecular formula is C13H20N2O2. The highest BCUT2D eigenvalue weighted by Crippen LogP contribution is 2.24. The Morgan fingerprint density at radius 3 is 2.53 bits per heavy atom. The summed E-state index contributed by atoms with van der Waals surface area (Å²) in [5.74, 6) is 2.31. The van der Waals surface area contributed by atoms with Gasteiger partial charge in [-0.05, 0) is 19.3 Å². The van der Waals surface area contributed by atoms with Gasteiger partial charge in [0.25, 0.3) is 0 Å². The van der Waals surface area contributed by atoms with Gasteiger partial charge in [-0.2, -0.15) is 0 Å². The molecule has 0 radical (unpaired) electrons. The molecule has 2 unspecified atom stereocenters. The molecule has 0 bridgehead atoms. The lowest BCUT2D eigenvalue weighted by Gasteiger charge is -2.44. The molecule has 1 saturated heterocycles. The zero-order valence-electron chi connectivity index (χ0n) is 10.9. The molecule has 17 heavy (non-hydrogen) atoms. The summed E-state index contributed by atoms with van der Waals surface area (Å²) in [5, 5.41) is 2.81. The van der Waals surface area contributed by atoms with Crippen LogP contribution in [0.25, 0.3) is 0 Å². The van der Waals surface area contributed by atoms with Gasteiger partial charge < -0.3 is 10.2 Å². The highest BCUT2D eigenvalue weighted by atomic mass is 16.2. The maximum Gasteiger partial charge on any atom is 0.249 e. The van der Waals surface area contributed by atoms with E-state index in [1.807, 2.05) is 20.8 Å². The second kappa shape index (κ2) is 4.79. The molecule has 1 aliphatic rings. The first-order valence-electron chi connectivity index (χ1n) is 5.94. The van der Waals surface area contributed by atoms with E-state index in [0.717, 1.165) is 0 Å². The first-order chi connectivity index (χ1) is 7.87. The van der Waals surface area contributed by atoms with Gasteiger partial charge in [-0.3, -0.25) is 9.59 Å². The van der Waals surface area contributed by atoms with E-state index in [0.29, 0.717) is 6.42 Å². The maximum absolute atomic E-state index is 12.3. The van der Waals surface area contributed by atoms with Crippen LogP contribution >= 0.6 is 0 Å². The summed E-state index contributed by atoms with van der Waals surface area (Å²) in [6.07, 6.45) is 5.84. The van der Waals surface area contributed by atoms with E-state index in [-0.39, 0.29) is 24.3 Å². The normalized spacial score (nSPS) is 29.2. The maximum atomic E-state index is 12.3. The first-order valence-corrected chi connectivity index (χ1v) is 5.94. The molecule has 0 aromatic rings. The van der Waals surface area contributed by atoms with Gasteiger partial charge in [0, 0.05) is 0 Å². The third-order valence-corrected chi connectivity index (χ3v) is 3.34. The van der Waals surface area contributed by atoms with E-state index < -0.39 is 11.6 Å². The fraction of sp³-hybridized carbons (Fsp3) is 0.692. The number of piperazine rings is 1. The molecule has 1 rings (SSSR count). The summed E-state index contributed by atoms with van der Waals surface area (Å²) in [5.41, 5.74) is -0.820. The lowest BCUT2D eigenvalue weighted by Crippen LogP contribution is -2.70. The van der Waals surface area contributed by atoms with Crippen LogP contribution in [-0.4, -0.2) is 34.8 Å². The van der Waals surface area contributed by atoms with Crippen LogP contribution in [0.5, 0.6) is 0 Å². The summed E-state index contributed by atoms with van der Waals surface area (Å²) in [7, 11) is 0. The number of nitrogens with zero attached hydrogens (tertiary/aromatic N) is 1. The molecule has 1 heterocycles. The van der Waals surface area contributed by atoms with E-state index in [9.17, 15) is 9.59 Å². The fourth-order valence-electron chi connectivity index (χ4n) is 2.15. The van der Waals surface area contributed by atoms with E-state index >= 15 is 0 Å². The fourth-order valence-corrected chi connectivity index (χ4v) is 2.15. The Hall–Kier alpha value is -1.50. The Bertz CT molecular complexity index is 370.